The first-order chi connectivity index (χ1) is 10.1. The van der Waals surface area contributed by atoms with Crippen LogP contribution >= 0.6 is 11.6 Å². The summed E-state index contributed by atoms with van der Waals surface area (Å²) in [6.07, 6.45) is 2.07. The van der Waals surface area contributed by atoms with E-state index in [2.05, 4.69) is 19.2 Å². The lowest BCUT2D eigenvalue weighted by atomic mass is 10.1. The van der Waals surface area contributed by atoms with Gasteiger partial charge in [0.15, 0.2) is 0 Å². The van der Waals surface area contributed by atoms with Gasteiger partial charge in [0.05, 0.1) is 6.61 Å². The molecule has 0 aliphatic carbocycles. The van der Waals surface area contributed by atoms with Gasteiger partial charge in [-0.25, -0.2) is 4.79 Å². The number of nitrogens with one attached hydrogen (secondary N) is 1. The molecule has 1 unspecified atom stereocenters. The van der Waals surface area contributed by atoms with E-state index in [9.17, 15) is 4.79 Å². The van der Waals surface area contributed by atoms with Gasteiger partial charge in [0.1, 0.15) is 0 Å². The zero-order chi connectivity index (χ0) is 15.7. The molecule has 1 rings (SSSR count). The molecular weight excluding hydrogens is 288 g/mol. The Morgan fingerprint density at radius 2 is 2.14 bits per heavy atom. The molecule has 2 amide bonds. The van der Waals surface area contributed by atoms with Crippen molar-refractivity contribution in [2.75, 3.05) is 19.7 Å². The highest BCUT2D eigenvalue weighted by Crippen LogP contribution is 2.17. The van der Waals surface area contributed by atoms with Gasteiger partial charge in [-0.3, -0.25) is 0 Å². The predicted molar refractivity (Wildman–Crippen MR) is 86.4 cm³/mol. The van der Waals surface area contributed by atoms with Gasteiger partial charge in [-0.15, -0.1) is 0 Å². The van der Waals surface area contributed by atoms with E-state index in [0.29, 0.717) is 30.6 Å². The molecule has 5 heteroatoms. The van der Waals surface area contributed by atoms with Crippen LogP contribution in [0.4, 0.5) is 4.79 Å². The Labute approximate surface area is 132 Å². The number of aliphatic hydroxyl groups excluding tert-OH is 1. The monoisotopic (exact) mass is 312 g/mol. The number of nitrogens with zero attached hydrogens (tertiary/aromatic N) is 1. The summed E-state index contributed by atoms with van der Waals surface area (Å²) in [5.41, 5.74) is 0.879. The van der Waals surface area contributed by atoms with E-state index in [-0.39, 0.29) is 12.6 Å². The van der Waals surface area contributed by atoms with Crippen LogP contribution in [-0.2, 0) is 6.54 Å². The largest absolute Gasteiger partial charge is 0.395 e. The number of carbonyl (C=O) groups is 1. The van der Waals surface area contributed by atoms with Crippen LogP contribution in [0.2, 0.25) is 5.02 Å². The molecule has 21 heavy (non-hydrogen) atoms. The average Bonchev–Trinajstić information content (AvgIpc) is 2.48. The van der Waals surface area contributed by atoms with Crippen LogP contribution in [0.15, 0.2) is 24.3 Å². The van der Waals surface area contributed by atoms with Gasteiger partial charge < -0.3 is 15.3 Å². The number of rotatable bonds is 8. The summed E-state index contributed by atoms with van der Waals surface area (Å²) in [4.78, 5) is 13.8. The van der Waals surface area contributed by atoms with Crippen molar-refractivity contribution in [1.82, 2.24) is 10.2 Å². The molecule has 0 saturated heterocycles. The Morgan fingerprint density at radius 3 is 2.76 bits per heavy atom. The van der Waals surface area contributed by atoms with E-state index in [1.54, 1.807) is 11.0 Å². The maximum atomic E-state index is 12.2. The van der Waals surface area contributed by atoms with Crippen LogP contribution < -0.4 is 5.32 Å². The smallest absolute Gasteiger partial charge is 0.317 e. The van der Waals surface area contributed by atoms with Crippen molar-refractivity contribution in [3.8, 4) is 0 Å². The first-order valence-electron chi connectivity index (χ1n) is 7.45. The highest BCUT2D eigenvalue weighted by Gasteiger charge is 2.14. The van der Waals surface area contributed by atoms with Crippen LogP contribution in [-0.4, -0.2) is 35.7 Å². The second-order valence-corrected chi connectivity index (χ2v) is 5.68. The summed E-state index contributed by atoms with van der Waals surface area (Å²) >= 11 is 6.12. The summed E-state index contributed by atoms with van der Waals surface area (Å²) in [6.45, 7) is 5.58. The van der Waals surface area contributed by atoms with Crippen molar-refractivity contribution >= 4 is 17.6 Å². The van der Waals surface area contributed by atoms with E-state index in [4.69, 9.17) is 16.7 Å². The topological polar surface area (TPSA) is 52.6 Å². The molecule has 0 aromatic heterocycles. The lowest BCUT2D eigenvalue weighted by Gasteiger charge is -2.23. The number of amides is 2. The Bertz CT molecular complexity index is 440. The van der Waals surface area contributed by atoms with E-state index in [1.807, 2.05) is 18.2 Å². The fraction of sp³-hybridized carbons (Fsp3) is 0.562. The molecule has 0 aliphatic rings. The Morgan fingerprint density at radius 1 is 1.43 bits per heavy atom. The van der Waals surface area contributed by atoms with Crippen molar-refractivity contribution < 1.29 is 9.90 Å². The summed E-state index contributed by atoms with van der Waals surface area (Å²) in [6, 6.07) is 7.27. The van der Waals surface area contributed by atoms with Gasteiger partial charge in [0.2, 0.25) is 0 Å². The van der Waals surface area contributed by atoms with E-state index in [0.717, 1.165) is 18.4 Å². The quantitative estimate of drug-likeness (QED) is 0.774. The lowest BCUT2D eigenvalue weighted by Crippen LogP contribution is -2.41. The minimum atomic E-state index is -0.160. The maximum absolute atomic E-state index is 12.2. The van der Waals surface area contributed by atoms with Crippen LogP contribution in [0.3, 0.4) is 0 Å². The molecular formula is C16H25ClN2O2. The number of aliphatic hydroxyl groups is 1. The van der Waals surface area contributed by atoms with E-state index in [1.165, 1.54) is 0 Å². The van der Waals surface area contributed by atoms with Crippen LogP contribution in [0.1, 0.15) is 32.3 Å². The first kappa shape index (κ1) is 17.8. The third-order valence-corrected chi connectivity index (χ3v) is 3.96. The molecule has 4 nitrogen and oxygen atoms in total. The third-order valence-electron chi connectivity index (χ3n) is 3.59. The normalized spacial score (nSPS) is 12.0. The molecule has 1 atom stereocenters. The maximum Gasteiger partial charge on any atom is 0.317 e. The van der Waals surface area contributed by atoms with E-state index >= 15 is 0 Å². The molecule has 0 radical (unpaired) electrons. The zero-order valence-electron chi connectivity index (χ0n) is 12.8. The van der Waals surface area contributed by atoms with E-state index < -0.39 is 0 Å². The Kier molecular flexibility index (Phi) is 8.16. The van der Waals surface area contributed by atoms with Crippen molar-refractivity contribution in [2.24, 2.45) is 5.92 Å². The van der Waals surface area contributed by atoms with Crippen molar-refractivity contribution in [2.45, 2.75) is 33.2 Å². The first-order valence-corrected chi connectivity index (χ1v) is 7.83. The zero-order valence-corrected chi connectivity index (χ0v) is 13.6. The molecule has 0 bridgehead atoms. The third kappa shape index (κ3) is 6.36. The van der Waals surface area contributed by atoms with Gasteiger partial charge in [0, 0.05) is 24.7 Å². The number of hydrogen-bond donors (Lipinski definition) is 2. The minimum absolute atomic E-state index is 0.0662. The molecule has 1 aromatic carbocycles. The summed E-state index contributed by atoms with van der Waals surface area (Å²) in [7, 11) is 0. The molecule has 0 fully saturated rings. The van der Waals surface area contributed by atoms with Crippen LogP contribution in [0, 0.1) is 5.92 Å². The minimum Gasteiger partial charge on any atom is -0.395 e. The standard InChI is InChI=1S/C16H25ClN2O2/c1-3-13(2)8-9-18-16(21)19(10-11-20)12-14-6-4-5-7-15(14)17/h4-7,13,20H,3,8-12H2,1-2H3,(H,18,21). The second-order valence-electron chi connectivity index (χ2n) is 5.27. The Balaban J connectivity index is 2.56. The van der Waals surface area contributed by atoms with Gasteiger partial charge in [-0.2, -0.15) is 0 Å². The van der Waals surface area contributed by atoms with Gasteiger partial charge in [-0.1, -0.05) is 50.1 Å². The molecule has 0 saturated carbocycles. The summed E-state index contributed by atoms with van der Waals surface area (Å²) < 4.78 is 0. The number of urea groups is 1. The highest BCUT2D eigenvalue weighted by molar-refractivity contribution is 6.31. The SMILES string of the molecule is CCC(C)CCNC(=O)N(CCO)Cc1ccccc1Cl. The highest BCUT2D eigenvalue weighted by atomic mass is 35.5. The van der Waals surface area contributed by atoms with Gasteiger partial charge in [0.25, 0.3) is 0 Å². The molecule has 2 N–H and O–H groups in total. The lowest BCUT2D eigenvalue weighted by molar-refractivity contribution is 0.173. The Hall–Kier alpha value is -1.26. The molecule has 0 heterocycles. The molecule has 0 spiro atoms. The van der Waals surface area contributed by atoms with Crippen LogP contribution in [0.25, 0.3) is 0 Å². The fourth-order valence-corrected chi connectivity index (χ4v) is 2.14. The van der Waals surface area contributed by atoms with Crippen molar-refractivity contribution in [3.63, 3.8) is 0 Å². The molecule has 118 valence electrons. The summed E-state index contributed by atoms with van der Waals surface area (Å²) in [5, 5.41) is 12.7. The molecule has 1 aromatic rings. The predicted octanol–water partition coefficient (Wildman–Crippen LogP) is 3.28. The van der Waals surface area contributed by atoms with Gasteiger partial charge in [-0.05, 0) is 24.0 Å². The van der Waals surface area contributed by atoms with Crippen molar-refractivity contribution in [1.29, 1.82) is 0 Å². The second kappa shape index (κ2) is 9.64. The van der Waals surface area contributed by atoms with Crippen LogP contribution in [0.5, 0.6) is 0 Å². The number of halogens is 1. The van der Waals surface area contributed by atoms with Gasteiger partial charge >= 0.3 is 6.03 Å². The number of benzene rings is 1. The fourth-order valence-electron chi connectivity index (χ4n) is 1.95. The van der Waals surface area contributed by atoms with Crippen molar-refractivity contribution in [3.05, 3.63) is 34.9 Å². The number of carbonyl (C=O) groups excluding carboxylic acids is 1. The average molecular weight is 313 g/mol. The summed E-state index contributed by atoms with van der Waals surface area (Å²) in [5.74, 6) is 0.597. The number of hydrogen-bond acceptors (Lipinski definition) is 2. The molecule has 0 aliphatic heterocycles.